The zero-order valence-corrected chi connectivity index (χ0v) is 22.1. The summed E-state index contributed by atoms with van der Waals surface area (Å²) in [6, 6.07) is 20.2. The van der Waals surface area contributed by atoms with Crippen molar-refractivity contribution in [2.24, 2.45) is 0 Å². The predicted octanol–water partition coefficient (Wildman–Crippen LogP) is 9.31. The Hall–Kier alpha value is -4.06. The van der Waals surface area contributed by atoms with Gasteiger partial charge in [0.2, 0.25) is 0 Å². The number of carbonyl (C=O) groups is 1. The van der Waals surface area contributed by atoms with Crippen LogP contribution in [0.15, 0.2) is 78.9 Å². The maximum Gasteiger partial charge on any atom is 0.346 e. The van der Waals surface area contributed by atoms with Crippen LogP contribution in [-0.4, -0.2) is 12.6 Å². The van der Waals surface area contributed by atoms with Gasteiger partial charge in [0.1, 0.15) is 17.3 Å². The van der Waals surface area contributed by atoms with E-state index in [0.29, 0.717) is 23.5 Å². The second-order valence-electron chi connectivity index (χ2n) is 9.47. The first-order valence-electron chi connectivity index (χ1n) is 13.2. The molecule has 0 atom stereocenters. The third-order valence-corrected chi connectivity index (χ3v) is 6.50. The lowest BCUT2D eigenvalue weighted by molar-refractivity contribution is 0.0730. The molecule has 0 saturated heterocycles. The summed E-state index contributed by atoms with van der Waals surface area (Å²) in [5.41, 5.74) is 2.04. The summed E-state index contributed by atoms with van der Waals surface area (Å²) in [7, 11) is 0. The molecule has 0 aliphatic heterocycles. The predicted molar refractivity (Wildman–Crippen MR) is 148 cm³/mol. The van der Waals surface area contributed by atoms with Crippen molar-refractivity contribution < 1.29 is 27.4 Å². The van der Waals surface area contributed by atoms with Gasteiger partial charge in [-0.2, -0.15) is 0 Å². The van der Waals surface area contributed by atoms with Crippen molar-refractivity contribution in [1.29, 1.82) is 0 Å². The zero-order valence-electron chi connectivity index (χ0n) is 22.1. The molecule has 4 aromatic carbocycles. The number of esters is 1. The molecule has 0 aliphatic carbocycles. The fourth-order valence-electron chi connectivity index (χ4n) is 4.24. The Kier molecular flexibility index (Phi) is 9.42. The minimum atomic E-state index is -0.969. The van der Waals surface area contributed by atoms with Crippen molar-refractivity contribution in [3.63, 3.8) is 0 Å². The molecular formula is C33H31F3O3. The van der Waals surface area contributed by atoms with Crippen LogP contribution in [-0.2, 0) is 0 Å². The fourth-order valence-corrected chi connectivity index (χ4v) is 4.24. The van der Waals surface area contributed by atoms with Gasteiger partial charge in [-0.05, 0) is 48.7 Å². The Morgan fingerprint density at radius 1 is 0.692 bits per heavy atom. The molecule has 0 spiro atoms. The standard InChI is InChI=1S/C33H31F3O3/c1-3-4-5-6-7-20-38-26-16-17-29(30(34)21-26)33(37)39-25-14-12-24(13-15-25)28-19-18-27(31(35)32(28)36)23-10-8-22(2)9-11-23/h8-19,21H,3-7,20H2,1-2H3. The van der Waals surface area contributed by atoms with Crippen molar-refractivity contribution in [2.75, 3.05) is 6.61 Å². The molecule has 0 fully saturated rings. The molecule has 0 heterocycles. The van der Waals surface area contributed by atoms with E-state index in [1.165, 1.54) is 61.0 Å². The van der Waals surface area contributed by atoms with E-state index in [1.807, 2.05) is 19.1 Å². The average Bonchev–Trinajstić information content (AvgIpc) is 2.93. The van der Waals surface area contributed by atoms with E-state index in [2.05, 4.69) is 6.92 Å². The van der Waals surface area contributed by atoms with E-state index >= 15 is 0 Å². The van der Waals surface area contributed by atoms with Crippen LogP contribution >= 0.6 is 0 Å². The van der Waals surface area contributed by atoms with Crippen LogP contribution in [0.2, 0.25) is 0 Å². The summed E-state index contributed by atoms with van der Waals surface area (Å²) >= 11 is 0. The molecule has 0 aromatic heterocycles. The minimum Gasteiger partial charge on any atom is -0.493 e. The molecule has 0 bridgehead atoms. The number of unbranched alkanes of at least 4 members (excludes halogenated alkanes) is 4. The van der Waals surface area contributed by atoms with Crippen molar-refractivity contribution in [3.05, 3.63) is 107 Å². The summed E-state index contributed by atoms with van der Waals surface area (Å²) in [5.74, 6) is -3.02. The Labute approximate surface area is 227 Å². The zero-order chi connectivity index (χ0) is 27.8. The van der Waals surface area contributed by atoms with Crippen LogP contribution in [0.4, 0.5) is 13.2 Å². The van der Waals surface area contributed by atoms with E-state index < -0.39 is 23.4 Å². The number of benzene rings is 4. The first kappa shape index (κ1) is 28.0. The molecule has 6 heteroatoms. The number of hydrogen-bond acceptors (Lipinski definition) is 3. The summed E-state index contributed by atoms with van der Waals surface area (Å²) in [6.07, 6.45) is 5.43. The number of ether oxygens (including phenoxy) is 2. The van der Waals surface area contributed by atoms with Crippen molar-refractivity contribution in [2.45, 2.75) is 46.0 Å². The normalized spacial score (nSPS) is 10.9. The van der Waals surface area contributed by atoms with E-state index in [4.69, 9.17) is 9.47 Å². The molecule has 0 saturated carbocycles. The highest BCUT2D eigenvalue weighted by Crippen LogP contribution is 2.32. The molecule has 0 unspecified atom stereocenters. The van der Waals surface area contributed by atoms with Gasteiger partial charge in [0, 0.05) is 17.2 Å². The molecule has 0 aliphatic rings. The van der Waals surface area contributed by atoms with Gasteiger partial charge in [-0.15, -0.1) is 0 Å². The summed E-state index contributed by atoms with van der Waals surface area (Å²) < 4.78 is 55.3. The van der Waals surface area contributed by atoms with Gasteiger partial charge in [0.15, 0.2) is 11.6 Å². The molecule has 3 nitrogen and oxygen atoms in total. The SMILES string of the molecule is CCCCCCCOc1ccc(C(=O)Oc2ccc(-c3ccc(-c4ccc(C)cc4)c(F)c3F)cc2)c(F)c1. The third-order valence-electron chi connectivity index (χ3n) is 6.50. The molecule has 0 N–H and O–H groups in total. The van der Waals surface area contributed by atoms with Gasteiger partial charge in [-0.1, -0.05) is 86.7 Å². The van der Waals surface area contributed by atoms with Gasteiger partial charge < -0.3 is 9.47 Å². The smallest absolute Gasteiger partial charge is 0.346 e. The summed E-state index contributed by atoms with van der Waals surface area (Å²) in [5, 5.41) is 0. The van der Waals surface area contributed by atoms with Crippen molar-refractivity contribution in [3.8, 4) is 33.8 Å². The quantitative estimate of drug-likeness (QED) is 0.110. The maximum atomic E-state index is 15.0. The number of hydrogen-bond donors (Lipinski definition) is 0. The molecule has 4 aromatic rings. The van der Waals surface area contributed by atoms with Gasteiger partial charge in [0.25, 0.3) is 0 Å². The fraction of sp³-hybridized carbons (Fsp3) is 0.242. The maximum absolute atomic E-state index is 15.0. The molecule has 39 heavy (non-hydrogen) atoms. The lowest BCUT2D eigenvalue weighted by Gasteiger charge is -2.11. The van der Waals surface area contributed by atoms with Crippen LogP contribution in [0.1, 0.15) is 54.9 Å². The molecule has 4 rings (SSSR count). The summed E-state index contributed by atoms with van der Waals surface area (Å²) in [4.78, 5) is 12.5. The monoisotopic (exact) mass is 532 g/mol. The van der Waals surface area contributed by atoms with Crippen LogP contribution in [0.5, 0.6) is 11.5 Å². The topological polar surface area (TPSA) is 35.5 Å². The Morgan fingerprint density at radius 2 is 1.26 bits per heavy atom. The number of rotatable bonds is 11. The molecule has 202 valence electrons. The lowest BCUT2D eigenvalue weighted by atomic mass is 9.98. The van der Waals surface area contributed by atoms with Crippen LogP contribution in [0.3, 0.4) is 0 Å². The first-order valence-corrected chi connectivity index (χ1v) is 13.2. The van der Waals surface area contributed by atoms with E-state index in [-0.39, 0.29) is 22.4 Å². The Bertz CT molecular complexity index is 1410. The number of halogens is 3. The van der Waals surface area contributed by atoms with Gasteiger partial charge in [0.05, 0.1) is 12.2 Å². The van der Waals surface area contributed by atoms with E-state index in [9.17, 15) is 18.0 Å². The van der Waals surface area contributed by atoms with E-state index in [0.717, 1.165) is 31.2 Å². The second-order valence-corrected chi connectivity index (χ2v) is 9.47. The van der Waals surface area contributed by atoms with Crippen LogP contribution in [0, 0.1) is 24.4 Å². The van der Waals surface area contributed by atoms with Crippen LogP contribution in [0.25, 0.3) is 22.3 Å². The van der Waals surface area contributed by atoms with Crippen LogP contribution < -0.4 is 9.47 Å². The van der Waals surface area contributed by atoms with Gasteiger partial charge in [-0.25, -0.2) is 18.0 Å². The number of aryl methyl sites for hydroxylation is 1. The lowest BCUT2D eigenvalue weighted by Crippen LogP contribution is -2.11. The van der Waals surface area contributed by atoms with Crippen molar-refractivity contribution >= 4 is 5.97 Å². The van der Waals surface area contributed by atoms with E-state index in [1.54, 1.807) is 12.1 Å². The minimum absolute atomic E-state index is 0.0771. The second kappa shape index (κ2) is 13.1. The van der Waals surface area contributed by atoms with Gasteiger partial charge >= 0.3 is 5.97 Å². The summed E-state index contributed by atoms with van der Waals surface area (Å²) in [6.45, 7) is 4.55. The Morgan fingerprint density at radius 3 is 1.85 bits per heavy atom. The molecule has 0 radical (unpaired) electrons. The van der Waals surface area contributed by atoms with Gasteiger partial charge in [-0.3, -0.25) is 0 Å². The Balaban J connectivity index is 1.39. The third kappa shape index (κ3) is 7.08. The average molecular weight is 533 g/mol. The molecule has 0 amide bonds. The highest BCUT2D eigenvalue weighted by atomic mass is 19.2. The molecular weight excluding hydrogens is 501 g/mol. The first-order chi connectivity index (χ1) is 18.9. The highest BCUT2D eigenvalue weighted by Gasteiger charge is 2.18. The number of carbonyl (C=O) groups excluding carboxylic acids is 1. The largest absolute Gasteiger partial charge is 0.493 e. The van der Waals surface area contributed by atoms with Crippen molar-refractivity contribution in [1.82, 2.24) is 0 Å². The highest BCUT2D eigenvalue weighted by molar-refractivity contribution is 5.91.